The van der Waals surface area contributed by atoms with Crippen LogP contribution in [0.1, 0.15) is 45.7 Å². The molecule has 9 nitrogen and oxygen atoms in total. The first-order valence-corrected chi connectivity index (χ1v) is 13.5. The number of nitrogens with zero attached hydrogens (tertiary/aromatic N) is 3. The van der Waals surface area contributed by atoms with Gasteiger partial charge in [0.15, 0.2) is 0 Å². The molecule has 1 aromatic carbocycles. The van der Waals surface area contributed by atoms with Crippen LogP contribution in [0.25, 0.3) is 0 Å². The molecule has 0 spiro atoms. The first-order valence-electron chi connectivity index (χ1n) is 12.8. The number of nitrogens with one attached hydrogen (secondary N) is 2. The van der Waals surface area contributed by atoms with Crippen molar-refractivity contribution in [2.24, 2.45) is 0 Å². The molecule has 1 fully saturated rings. The smallest absolute Gasteiger partial charge is 0.338 e. The molecule has 208 valence electrons. The predicted molar refractivity (Wildman–Crippen MR) is 149 cm³/mol. The second-order valence-corrected chi connectivity index (χ2v) is 11.2. The van der Waals surface area contributed by atoms with Gasteiger partial charge in [-0.15, -0.1) is 6.58 Å². The zero-order chi connectivity index (χ0) is 28.0. The maximum atomic E-state index is 13.4. The van der Waals surface area contributed by atoms with Gasteiger partial charge >= 0.3 is 18.0 Å². The summed E-state index contributed by atoms with van der Waals surface area (Å²) in [6, 6.07) is 3.66. The van der Waals surface area contributed by atoms with Gasteiger partial charge in [-0.3, -0.25) is 9.80 Å². The van der Waals surface area contributed by atoms with Gasteiger partial charge in [0.25, 0.3) is 0 Å². The fraction of sp³-hybridized carbons (Fsp3) is 0.519. The number of amides is 4. The number of hydrogen-bond donors (Lipinski definition) is 2. The highest BCUT2D eigenvalue weighted by molar-refractivity contribution is 6.35. The van der Waals surface area contributed by atoms with Gasteiger partial charge < -0.3 is 20.3 Å². The monoisotopic (exact) mass is 565 g/mol. The molecule has 1 atom stereocenters. The largest absolute Gasteiger partial charge is 0.463 e. The van der Waals surface area contributed by atoms with E-state index in [9.17, 15) is 14.4 Å². The van der Waals surface area contributed by atoms with E-state index in [1.807, 2.05) is 20.8 Å². The van der Waals surface area contributed by atoms with E-state index in [2.05, 4.69) is 22.1 Å². The summed E-state index contributed by atoms with van der Waals surface area (Å²) < 4.78 is 5.45. The Bertz CT molecular complexity index is 1100. The SMILES string of the molecule is C=CCN1C(=O)N[C@H](c2ccc(Cl)cc2Cl)C(C(=O)OCC)=C1CN1CCCN(C(=O)NC(C)(C)C)CC1. The van der Waals surface area contributed by atoms with E-state index in [0.717, 1.165) is 6.42 Å². The van der Waals surface area contributed by atoms with Crippen molar-refractivity contribution in [1.82, 2.24) is 25.3 Å². The lowest BCUT2D eigenvalue weighted by molar-refractivity contribution is -0.139. The van der Waals surface area contributed by atoms with E-state index in [4.69, 9.17) is 27.9 Å². The van der Waals surface area contributed by atoms with Crippen LogP contribution in [0, 0.1) is 0 Å². The number of hydrogen-bond acceptors (Lipinski definition) is 5. The molecule has 3 rings (SSSR count). The zero-order valence-corrected chi connectivity index (χ0v) is 24.0. The summed E-state index contributed by atoms with van der Waals surface area (Å²) in [6.45, 7) is 14.5. The Morgan fingerprint density at radius 1 is 1.21 bits per heavy atom. The van der Waals surface area contributed by atoms with Crippen LogP contribution in [-0.2, 0) is 9.53 Å². The molecule has 2 heterocycles. The van der Waals surface area contributed by atoms with E-state index >= 15 is 0 Å². The lowest BCUT2D eigenvalue weighted by Gasteiger charge is -2.38. The van der Waals surface area contributed by atoms with E-state index in [-0.39, 0.29) is 30.8 Å². The molecule has 11 heteroatoms. The summed E-state index contributed by atoms with van der Waals surface area (Å²) >= 11 is 12.6. The lowest BCUT2D eigenvalue weighted by atomic mass is 9.94. The predicted octanol–water partition coefficient (Wildman–Crippen LogP) is 4.58. The molecule has 0 radical (unpaired) electrons. The number of halogens is 2. The summed E-state index contributed by atoms with van der Waals surface area (Å²) in [4.78, 5) is 44.9. The molecule has 0 bridgehead atoms. The minimum absolute atomic E-state index is 0.103. The van der Waals surface area contributed by atoms with Crippen LogP contribution in [-0.4, -0.2) is 84.1 Å². The Balaban J connectivity index is 1.98. The normalized spacial score (nSPS) is 19.1. The van der Waals surface area contributed by atoms with Gasteiger partial charge in [0.05, 0.1) is 18.2 Å². The number of carbonyl (C=O) groups is 3. The Hall–Kier alpha value is -2.75. The molecule has 4 amide bonds. The van der Waals surface area contributed by atoms with Gasteiger partial charge in [-0.05, 0) is 51.8 Å². The summed E-state index contributed by atoms with van der Waals surface area (Å²) in [7, 11) is 0. The molecule has 2 N–H and O–H groups in total. The molecule has 0 saturated carbocycles. The minimum atomic E-state index is -0.816. The quantitative estimate of drug-likeness (QED) is 0.373. The molecule has 2 aliphatic rings. The number of esters is 1. The number of benzene rings is 1. The Labute approximate surface area is 234 Å². The molecule has 0 unspecified atom stereocenters. The molecule has 0 aromatic heterocycles. The van der Waals surface area contributed by atoms with Crippen LogP contribution in [0.15, 0.2) is 42.1 Å². The number of rotatable bonds is 7. The van der Waals surface area contributed by atoms with Crippen molar-refractivity contribution < 1.29 is 19.1 Å². The fourth-order valence-corrected chi connectivity index (χ4v) is 5.08. The maximum absolute atomic E-state index is 13.4. The van der Waals surface area contributed by atoms with Crippen molar-refractivity contribution in [3.05, 3.63) is 57.7 Å². The van der Waals surface area contributed by atoms with E-state index < -0.39 is 12.0 Å². The minimum Gasteiger partial charge on any atom is -0.463 e. The third-order valence-corrected chi connectivity index (χ3v) is 6.81. The fourth-order valence-electron chi connectivity index (χ4n) is 4.56. The molecule has 1 saturated heterocycles. The Kier molecular flexibility index (Phi) is 10.1. The first-order chi connectivity index (χ1) is 17.9. The van der Waals surface area contributed by atoms with Crippen LogP contribution in [0.2, 0.25) is 10.0 Å². The van der Waals surface area contributed by atoms with Crippen molar-refractivity contribution in [2.75, 3.05) is 45.9 Å². The van der Waals surface area contributed by atoms with Gasteiger partial charge in [0.2, 0.25) is 0 Å². The van der Waals surface area contributed by atoms with Crippen LogP contribution < -0.4 is 10.6 Å². The third-order valence-electron chi connectivity index (χ3n) is 6.25. The van der Waals surface area contributed by atoms with Gasteiger partial charge in [0.1, 0.15) is 0 Å². The second-order valence-electron chi connectivity index (χ2n) is 10.3. The zero-order valence-electron chi connectivity index (χ0n) is 22.5. The number of urea groups is 2. The second kappa shape index (κ2) is 12.9. The maximum Gasteiger partial charge on any atom is 0.338 e. The summed E-state index contributed by atoms with van der Waals surface area (Å²) in [5.74, 6) is -0.534. The third kappa shape index (κ3) is 7.42. The highest BCUT2D eigenvalue weighted by atomic mass is 35.5. The van der Waals surface area contributed by atoms with Gasteiger partial charge in [-0.1, -0.05) is 35.3 Å². The van der Waals surface area contributed by atoms with E-state index in [0.29, 0.717) is 59.6 Å². The summed E-state index contributed by atoms with van der Waals surface area (Å²) in [5, 5.41) is 6.70. The van der Waals surface area contributed by atoms with Crippen LogP contribution >= 0.6 is 23.2 Å². The van der Waals surface area contributed by atoms with Gasteiger partial charge in [-0.25, -0.2) is 14.4 Å². The van der Waals surface area contributed by atoms with Crippen molar-refractivity contribution in [1.29, 1.82) is 0 Å². The molecule has 0 aliphatic carbocycles. The van der Waals surface area contributed by atoms with E-state index in [1.165, 1.54) is 4.90 Å². The van der Waals surface area contributed by atoms with Crippen molar-refractivity contribution in [3.8, 4) is 0 Å². The highest BCUT2D eigenvalue weighted by Crippen LogP contribution is 2.36. The molecular weight excluding hydrogens is 529 g/mol. The van der Waals surface area contributed by atoms with Crippen molar-refractivity contribution in [3.63, 3.8) is 0 Å². The average Bonchev–Trinajstić information content (AvgIpc) is 3.06. The van der Waals surface area contributed by atoms with Gasteiger partial charge in [0, 0.05) is 60.5 Å². The lowest BCUT2D eigenvalue weighted by Crippen LogP contribution is -2.51. The highest BCUT2D eigenvalue weighted by Gasteiger charge is 2.39. The average molecular weight is 567 g/mol. The Morgan fingerprint density at radius 2 is 1.95 bits per heavy atom. The van der Waals surface area contributed by atoms with Crippen LogP contribution in [0.5, 0.6) is 0 Å². The topological polar surface area (TPSA) is 94.2 Å². The van der Waals surface area contributed by atoms with Crippen LogP contribution in [0.4, 0.5) is 9.59 Å². The van der Waals surface area contributed by atoms with Crippen molar-refractivity contribution >= 4 is 41.2 Å². The standard InChI is InChI=1S/C27H37Cl2N5O4/c1-6-11-34-21(17-32-12-8-13-33(15-14-32)26(37)31-27(3,4)5)22(24(35)38-7-2)23(30-25(34)36)19-10-9-18(28)16-20(19)29/h6,9-10,16,23H,1,7-8,11-15,17H2,2-5H3,(H,30,36)(H,31,37)/t23-/m1/s1. The van der Waals surface area contributed by atoms with Crippen LogP contribution in [0.3, 0.4) is 0 Å². The molecular formula is C27H37Cl2N5O4. The van der Waals surface area contributed by atoms with Crippen molar-refractivity contribution in [2.45, 2.75) is 45.7 Å². The number of ether oxygens (including phenoxy) is 1. The molecule has 2 aliphatic heterocycles. The summed E-state index contributed by atoms with van der Waals surface area (Å²) in [6.07, 6.45) is 2.36. The van der Waals surface area contributed by atoms with E-state index in [1.54, 1.807) is 36.1 Å². The van der Waals surface area contributed by atoms with Gasteiger partial charge in [-0.2, -0.15) is 0 Å². The molecule has 1 aromatic rings. The molecule has 38 heavy (non-hydrogen) atoms. The first kappa shape index (κ1) is 29.8. The summed E-state index contributed by atoms with van der Waals surface area (Å²) in [5.41, 5.74) is 1.05. The Morgan fingerprint density at radius 3 is 2.58 bits per heavy atom. The number of carbonyl (C=O) groups excluding carboxylic acids is 3.